The molecule has 0 saturated heterocycles. The van der Waals surface area contributed by atoms with Crippen LogP contribution < -0.4 is 16.0 Å². The molecule has 158 valence electrons. The van der Waals surface area contributed by atoms with E-state index in [0.717, 1.165) is 5.56 Å². The Labute approximate surface area is 166 Å². The molecule has 0 spiro atoms. The number of amides is 2. The number of hydrogen-bond acceptors (Lipinski definition) is 4. The molecule has 2 atom stereocenters. The standard InChI is InChI=1S/C19H32N3O5P/c1-14(2)12-16(21-10-7-11-28(25,26)27)19(24)22-17(18(23)20-3)13-15-8-5-4-6-9-15/h4-6,8-9,14,16-17,21H,7,10-13H2,1-3H3,(H,20,23)(H,22,24)(H2,25,26,27)/t16-,17+/m1/s1. The van der Waals surface area contributed by atoms with Crippen LogP contribution in [-0.2, 0) is 20.6 Å². The quantitative estimate of drug-likeness (QED) is 0.257. The Bertz CT molecular complexity index is 663. The number of benzene rings is 1. The van der Waals surface area contributed by atoms with Crippen LogP contribution in [0.1, 0.15) is 32.3 Å². The molecular formula is C19H32N3O5P. The highest BCUT2D eigenvalue weighted by Crippen LogP contribution is 2.34. The summed E-state index contributed by atoms with van der Waals surface area (Å²) in [6, 6.07) is 8.19. The van der Waals surface area contributed by atoms with Gasteiger partial charge < -0.3 is 25.7 Å². The summed E-state index contributed by atoms with van der Waals surface area (Å²) in [7, 11) is -2.52. The highest BCUT2D eigenvalue weighted by atomic mass is 31.2. The van der Waals surface area contributed by atoms with Crippen LogP contribution in [0.4, 0.5) is 0 Å². The van der Waals surface area contributed by atoms with Gasteiger partial charge in [0.15, 0.2) is 0 Å². The molecule has 0 saturated carbocycles. The Kier molecular flexibility index (Phi) is 10.4. The first-order valence-corrected chi connectivity index (χ1v) is 11.3. The Morgan fingerprint density at radius 2 is 1.71 bits per heavy atom. The summed E-state index contributed by atoms with van der Waals surface area (Å²) in [5, 5.41) is 8.45. The molecule has 0 aliphatic rings. The van der Waals surface area contributed by atoms with E-state index in [2.05, 4.69) is 16.0 Å². The van der Waals surface area contributed by atoms with E-state index in [1.165, 1.54) is 7.05 Å². The molecule has 8 nitrogen and oxygen atoms in total. The number of likely N-dealkylation sites (N-methyl/N-ethyl adjacent to an activating group) is 1. The summed E-state index contributed by atoms with van der Waals surface area (Å²) in [5.41, 5.74) is 0.936. The topological polar surface area (TPSA) is 128 Å². The SMILES string of the molecule is CNC(=O)[C@H](Cc1ccccc1)NC(=O)[C@@H](CC(C)C)NCCCP(=O)(O)O. The second-order valence-electron chi connectivity index (χ2n) is 7.24. The molecule has 1 rings (SSSR count). The fourth-order valence-electron chi connectivity index (χ4n) is 2.82. The normalized spacial score (nSPS) is 13.8. The largest absolute Gasteiger partial charge is 0.357 e. The number of carbonyl (C=O) groups is 2. The molecule has 1 aromatic rings. The molecule has 0 fully saturated rings. The third kappa shape index (κ3) is 9.99. The molecule has 0 bridgehead atoms. The van der Waals surface area contributed by atoms with Gasteiger partial charge in [-0.15, -0.1) is 0 Å². The average Bonchev–Trinajstić information content (AvgIpc) is 2.62. The Morgan fingerprint density at radius 1 is 1.07 bits per heavy atom. The molecule has 0 unspecified atom stereocenters. The van der Waals surface area contributed by atoms with Crippen molar-refractivity contribution in [3.63, 3.8) is 0 Å². The fourth-order valence-corrected chi connectivity index (χ4v) is 3.39. The number of hydrogen-bond donors (Lipinski definition) is 5. The third-order valence-corrected chi connectivity index (χ3v) is 5.10. The van der Waals surface area contributed by atoms with Crippen LogP contribution in [0.5, 0.6) is 0 Å². The maximum absolute atomic E-state index is 12.8. The molecule has 0 aliphatic carbocycles. The van der Waals surface area contributed by atoms with Crippen LogP contribution in [0, 0.1) is 5.92 Å². The molecule has 28 heavy (non-hydrogen) atoms. The predicted molar refractivity (Wildman–Crippen MR) is 109 cm³/mol. The molecule has 0 heterocycles. The third-order valence-electron chi connectivity index (χ3n) is 4.20. The van der Waals surface area contributed by atoms with E-state index < -0.39 is 19.7 Å². The lowest BCUT2D eigenvalue weighted by atomic mass is 10.0. The van der Waals surface area contributed by atoms with Gasteiger partial charge in [0, 0.05) is 13.5 Å². The minimum absolute atomic E-state index is 0.231. The molecule has 5 N–H and O–H groups in total. The van der Waals surface area contributed by atoms with Gasteiger partial charge in [-0.2, -0.15) is 0 Å². The number of rotatable bonds is 12. The minimum Gasteiger partial charge on any atom is -0.357 e. The van der Waals surface area contributed by atoms with Crippen molar-refractivity contribution in [3.8, 4) is 0 Å². The van der Waals surface area contributed by atoms with Gasteiger partial charge in [0.05, 0.1) is 12.2 Å². The maximum Gasteiger partial charge on any atom is 0.325 e. The first-order valence-electron chi connectivity index (χ1n) is 9.46. The van der Waals surface area contributed by atoms with E-state index in [1.807, 2.05) is 44.2 Å². The second kappa shape index (κ2) is 12.0. The number of carbonyl (C=O) groups excluding carboxylic acids is 2. The maximum atomic E-state index is 12.8. The van der Waals surface area contributed by atoms with Gasteiger partial charge >= 0.3 is 7.60 Å². The summed E-state index contributed by atoms with van der Waals surface area (Å²) >= 11 is 0. The summed E-state index contributed by atoms with van der Waals surface area (Å²) in [6.07, 6.45) is 0.951. The molecule has 1 aromatic carbocycles. The van der Waals surface area contributed by atoms with Crippen LogP contribution in [-0.4, -0.2) is 53.4 Å². The van der Waals surface area contributed by atoms with Crippen LogP contribution in [0.2, 0.25) is 0 Å². The molecule has 0 aliphatic heterocycles. The Balaban J connectivity index is 2.74. The van der Waals surface area contributed by atoms with Crippen molar-refractivity contribution >= 4 is 19.4 Å². The summed E-state index contributed by atoms with van der Waals surface area (Å²) in [4.78, 5) is 42.9. The smallest absolute Gasteiger partial charge is 0.325 e. The molecular weight excluding hydrogens is 381 g/mol. The molecule has 9 heteroatoms. The van der Waals surface area contributed by atoms with Crippen molar-refractivity contribution in [2.24, 2.45) is 5.92 Å². The van der Waals surface area contributed by atoms with Crippen molar-refractivity contribution in [2.75, 3.05) is 19.8 Å². The van der Waals surface area contributed by atoms with Crippen LogP contribution in [0.15, 0.2) is 30.3 Å². The second-order valence-corrected chi connectivity index (χ2v) is 9.02. The van der Waals surface area contributed by atoms with Crippen LogP contribution >= 0.6 is 7.60 Å². The van der Waals surface area contributed by atoms with Crippen LogP contribution in [0.25, 0.3) is 0 Å². The summed E-state index contributed by atoms with van der Waals surface area (Å²) in [5.74, 6) is -0.339. The van der Waals surface area contributed by atoms with Crippen LogP contribution in [0.3, 0.4) is 0 Å². The first kappa shape index (κ1) is 24.3. The van der Waals surface area contributed by atoms with Crippen molar-refractivity contribution in [1.82, 2.24) is 16.0 Å². The van der Waals surface area contributed by atoms with E-state index in [9.17, 15) is 14.2 Å². The van der Waals surface area contributed by atoms with E-state index in [4.69, 9.17) is 9.79 Å². The Hall–Kier alpha value is -1.73. The highest BCUT2D eigenvalue weighted by molar-refractivity contribution is 7.51. The van der Waals surface area contributed by atoms with E-state index in [0.29, 0.717) is 19.4 Å². The summed E-state index contributed by atoms with van der Waals surface area (Å²) < 4.78 is 11.0. The lowest BCUT2D eigenvalue weighted by molar-refractivity contribution is -0.130. The van der Waals surface area contributed by atoms with Gasteiger partial charge in [0.1, 0.15) is 6.04 Å². The first-order chi connectivity index (χ1) is 13.1. The monoisotopic (exact) mass is 413 g/mol. The highest BCUT2D eigenvalue weighted by Gasteiger charge is 2.26. The van der Waals surface area contributed by atoms with E-state index in [-0.39, 0.29) is 30.3 Å². The molecule has 2 amide bonds. The van der Waals surface area contributed by atoms with Gasteiger partial charge in [-0.1, -0.05) is 44.2 Å². The lowest BCUT2D eigenvalue weighted by Crippen LogP contribution is -2.53. The summed E-state index contributed by atoms with van der Waals surface area (Å²) in [6.45, 7) is 4.27. The van der Waals surface area contributed by atoms with Gasteiger partial charge in [0.25, 0.3) is 0 Å². The van der Waals surface area contributed by atoms with E-state index >= 15 is 0 Å². The van der Waals surface area contributed by atoms with Crippen molar-refractivity contribution < 1.29 is 23.9 Å². The predicted octanol–water partition coefficient (Wildman–Crippen LogP) is 1.03. The van der Waals surface area contributed by atoms with Crippen molar-refractivity contribution in [3.05, 3.63) is 35.9 Å². The zero-order chi connectivity index (χ0) is 21.2. The van der Waals surface area contributed by atoms with Gasteiger partial charge in [-0.3, -0.25) is 14.2 Å². The fraction of sp³-hybridized carbons (Fsp3) is 0.579. The van der Waals surface area contributed by atoms with Gasteiger partial charge in [-0.05, 0) is 30.9 Å². The Morgan fingerprint density at radius 3 is 2.25 bits per heavy atom. The molecule has 0 aromatic heterocycles. The van der Waals surface area contributed by atoms with Gasteiger partial charge in [0.2, 0.25) is 11.8 Å². The lowest BCUT2D eigenvalue weighted by Gasteiger charge is -2.24. The van der Waals surface area contributed by atoms with E-state index in [1.54, 1.807) is 0 Å². The van der Waals surface area contributed by atoms with Crippen molar-refractivity contribution in [2.45, 2.75) is 45.2 Å². The average molecular weight is 413 g/mol. The molecule has 0 radical (unpaired) electrons. The zero-order valence-corrected chi connectivity index (χ0v) is 17.6. The van der Waals surface area contributed by atoms with Crippen molar-refractivity contribution in [1.29, 1.82) is 0 Å². The minimum atomic E-state index is -4.05. The van der Waals surface area contributed by atoms with Gasteiger partial charge in [-0.25, -0.2) is 0 Å². The number of nitrogens with one attached hydrogen (secondary N) is 3. The zero-order valence-electron chi connectivity index (χ0n) is 16.7.